The summed E-state index contributed by atoms with van der Waals surface area (Å²) >= 11 is 1.30. The molecule has 1 aromatic carbocycles. The van der Waals surface area contributed by atoms with E-state index in [-0.39, 0.29) is 12.1 Å². The van der Waals surface area contributed by atoms with Crippen LogP contribution in [-0.2, 0) is 15.6 Å². The Morgan fingerprint density at radius 2 is 1.85 bits per heavy atom. The van der Waals surface area contributed by atoms with Gasteiger partial charge in [0.15, 0.2) is 0 Å². The maximum Gasteiger partial charge on any atom is 0.516 e. The molecule has 3 nitrogen and oxygen atoms in total. The molecule has 0 amide bonds. The smallest absolute Gasteiger partial charge is 0.247 e. The minimum absolute atomic E-state index is 0.0310. The average Bonchev–Trinajstić information content (AvgIpc) is 3.14. The highest BCUT2D eigenvalue weighted by Crippen LogP contribution is 2.57. The number of alkyl halides is 3. The second-order valence-corrected chi connectivity index (χ2v) is 8.93. The van der Waals surface area contributed by atoms with Gasteiger partial charge in [0, 0.05) is 5.56 Å². The maximum atomic E-state index is 13.6. The predicted molar refractivity (Wildman–Crippen MR) is 98.7 cm³/mol. The van der Waals surface area contributed by atoms with Gasteiger partial charge in [-0.05, 0) is 71.5 Å². The van der Waals surface area contributed by atoms with E-state index in [4.69, 9.17) is 0 Å². The zero-order chi connectivity index (χ0) is 19.5. The molecule has 0 saturated heterocycles. The quantitative estimate of drug-likeness (QED) is 0.695. The van der Waals surface area contributed by atoms with Gasteiger partial charge >= 0.3 is 15.5 Å². The summed E-state index contributed by atoms with van der Waals surface area (Å²) in [4.78, 5) is 0. The molecule has 0 bridgehead atoms. The van der Waals surface area contributed by atoms with Gasteiger partial charge in [0.05, 0.1) is 5.69 Å². The molecule has 0 aliphatic carbocycles. The van der Waals surface area contributed by atoms with Crippen molar-refractivity contribution in [1.29, 1.82) is 0 Å². The second-order valence-electron chi connectivity index (χ2n) is 6.37. The highest BCUT2D eigenvalue weighted by Gasteiger charge is 2.61. The third-order valence-electron chi connectivity index (χ3n) is 5.05. The normalized spacial score (nSPS) is 20.5. The fourth-order valence-electron chi connectivity index (χ4n) is 3.55. The van der Waals surface area contributed by atoms with E-state index in [0.717, 1.165) is 11.1 Å². The Morgan fingerprint density at radius 3 is 2.35 bits per heavy atom. The number of fused-ring (bicyclic) bond motifs is 1. The van der Waals surface area contributed by atoms with Crippen molar-refractivity contribution < 1.29 is 21.6 Å². The first-order valence-corrected chi connectivity index (χ1v) is 10.3. The molecule has 0 N–H and O–H groups in total. The van der Waals surface area contributed by atoms with Gasteiger partial charge < -0.3 is 0 Å². The molecule has 3 rings (SSSR count). The molecule has 1 atom stereocenters. The van der Waals surface area contributed by atoms with E-state index in [2.05, 4.69) is 6.58 Å². The molecule has 2 aromatic rings. The first-order chi connectivity index (χ1) is 12.0. The van der Waals surface area contributed by atoms with Crippen molar-refractivity contribution in [2.45, 2.75) is 38.2 Å². The van der Waals surface area contributed by atoms with Crippen LogP contribution in [0.2, 0.25) is 0 Å². The van der Waals surface area contributed by atoms with E-state index in [0.29, 0.717) is 21.0 Å². The van der Waals surface area contributed by atoms with E-state index in [1.165, 1.54) is 17.4 Å². The van der Waals surface area contributed by atoms with Gasteiger partial charge in [-0.1, -0.05) is 13.5 Å². The SMILES string of the molecule is C=C1c2cc(C)c(C)cc2N(S(=O)(=O)C(F)(F)F)[C@]1(CC)c1ccsc1. The van der Waals surface area contributed by atoms with Gasteiger partial charge in [-0.3, -0.25) is 0 Å². The van der Waals surface area contributed by atoms with Crippen molar-refractivity contribution in [2.24, 2.45) is 0 Å². The number of hydrogen-bond acceptors (Lipinski definition) is 3. The minimum atomic E-state index is -5.62. The van der Waals surface area contributed by atoms with Crippen LogP contribution in [0.1, 0.15) is 35.6 Å². The summed E-state index contributed by atoms with van der Waals surface area (Å²) in [5.41, 5.74) is -3.99. The lowest BCUT2D eigenvalue weighted by Crippen LogP contribution is -2.51. The Kier molecular flexibility index (Phi) is 4.27. The van der Waals surface area contributed by atoms with Crippen molar-refractivity contribution >= 4 is 32.6 Å². The van der Waals surface area contributed by atoms with Crippen molar-refractivity contribution in [2.75, 3.05) is 4.31 Å². The third kappa shape index (κ3) is 2.35. The van der Waals surface area contributed by atoms with Crippen molar-refractivity contribution in [3.63, 3.8) is 0 Å². The minimum Gasteiger partial charge on any atom is -0.247 e. The molecule has 1 aliphatic rings. The highest BCUT2D eigenvalue weighted by atomic mass is 32.2. The zero-order valence-corrected chi connectivity index (χ0v) is 16.1. The summed E-state index contributed by atoms with van der Waals surface area (Å²) in [6.45, 7) is 9.28. The van der Waals surface area contributed by atoms with Gasteiger partial charge in [-0.15, -0.1) is 0 Å². The number of thiophene rings is 1. The van der Waals surface area contributed by atoms with Gasteiger partial charge in [0.25, 0.3) is 0 Å². The number of rotatable bonds is 3. The lowest BCUT2D eigenvalue weighted by atomic mass is 9.82. The van der Waals surface area contributed by atoms with E-state index in [1.807, 2.05) is 6.92 Å². The van der Waals surface area contributed by atoms with Crippen LogP contribution in [0.25, 0.3) is 5.57 Å². The molecular weight excluding hydrogens is 383 g/mol. The molecule has 0 fully saturated rings. The monoisotopic (exact) mass is 401 g/mol. The fourth-order valence-corrected chi connectivity index (χ4v) is 5.65. The molecule has 1 aliphatic heterocycles. The standard InChI is InChI=1S/C18H18F3NO2S2/c1-5-17(14-6-7-25-10-14)13(4)15-8-11(2)12(3)9-16(15)22(17)26(23,24)18(19,20)21/h6-10H,4-5H2,1-3H3/t17-/m0/s1. The van der Waals surface area contributed by atoms with E-state index in [1.54, 1.807) is 36.7 Å². The number of hydrogen-bond donors (Lipinski definition) is 0. The molecule has 1 aromatic heterocycles. The topological polar surface area (TPSA) is 37.4 Å². The van der Waals surface area contributed by atoms with Crippen LogP contribution in [0.5, 0.6) is 0 Å². The number of anilines is 1. The molecule has 0 spiro atoms. The first kappa shape index (κ1) is 19.0. The molecule has 2 heterocycles. The number of aryl methyl sites for hydroxylation is 2. The van der Waals surface area contributed by atoms with Gasteiger partial charge in [0.1, 0.15) is 5.54 Å². The van der Waals surface area contributed by atoms with E-state index >= 15 is 0 Å². The zero-order valence-electron chi connectivity index (χ0n) is 14.5. The van der Waals surface area contributed by atoms with Gasteiger partial charge in [0.2, 0.25) is 0 Å². The lowest BCUT2D eigenvalue weighted by molar-refractivity contribution is -0.0442. The van der Waals surface area contributed by atoms with E-state index < -0.39 is 21.1 Å². The van der Waals surface area contributed by atoms with Crippen LogP contribution in [-0.4, -0.2) is 13.9 Å². The number of halogens is 3. The summed E-state index contributed by atoms with van der Waals surface area (Å²) in [5, 5.41) is 3.40. The molecule has 0 saturated carbocycles. The van der Waals surface area contributed by atoms with Crippen molar-refractivity contribution in [3.8, 4) is 0 Å². The Labute approximate surface area is 154 Å². The number of sulfonamides is 1. The predicted octanol–water partition coefficient (Wildman–Crippen LogP) is 5.35. The Balaban J connectivity index is 2.43. The molecule has 0 unspecified atom stereocenters. The van der Waals surface area contributed by atoms with Gasteiger partial charge in [-0.25, -0.2) is 4.31 Å². The van der Waals surface area contributed by atoms with E-state index in [9.17, 15) is 21.6 Å². The summed E-state index contributed by atoms with van der Waals surface area (Å²) < 4.78 is 66.4. The molecule has 26 heavy (non-hydrogen) atoms. The van der Waals surface area contributed by atoms with Crippen LogP contribution in [0.15, 0.2) is 35.5 Å². The molecular formula is C18H18F3NO2S2. The first-order valence-electron chi connectivity index (χ1n) is 7.94. The van der Waals surface area contributed by atoms with Crippen LogP contribution < -0.4 is 4.31 Å². The molecule has 140 valence electrons. The summed E-state index contributed by atoms with van der Waals surface area (Å²) in [6.07, 6.45) is 0.130. The number of nitrogens with zero attached hydrogens (tertiary/aromatic N) is 1. The molecule has 8 heteroatoms. The van der Waals surface area contributed by atoms with Crippen LogP contribution in [0, 0.1) is 13.8 Å². The van der Waals surface area contributed by atoms with Crippen LogP contribution in [0.4, 0.5) is 18.9 Å². The fraction of sp³-hybridized carbons (Fsp3) is 0.333. The third-order valence-corrected chi connectivity index (χ3v) is 7.30. The maximum absolute atomic E-state index is 13.6. The number of benzene rings is 1. The lowest BCUT2D eigenvalue weighted by Gasteiger charge is -2.39. The average molecular weight is 401 g/mol. The second kappa shape index (κ2) is 5.85. The van der Waals surface area contributed by atoms with Crippen LogP contribution >= 0.6 is 11.3 Å². The summed E-state index contributed by atoms with van der Waals surface area (Å²) in [6, 6.07) is 4.88. The van der Waals surface area contributed by atoms with Crippen LogP contribution in [0.3, 0.4) is 0 Å². The molecule has 0 radical (unpaired) electrons. The van der Waals surface area contributed by atoms with Crippen molar-refractivity contribution in [1.82, 2.24) is 0 Å². The summed E-state index contributed by atoms with van der Waals surface area (Å²) in [5.74, 6) is 0. The largest absolute Gasteiger partial charge is 0.516 e. The Morgan fingerprint density at radius 1 is 1.23 bits per heavy atom. The van der Waals surface area contributed by atoms with Gasteiger partial charge in [-0.2, -0.15) is 32.9 Å². The van der Waals surface area contributed by atoms with Crippen molar-refractivity contribution in [3.05, 3.63) is 57.8 Å². The summed E-state index contributed by atoms with van der Waals surface area (Å²) in [7, 11) is -5.62. The Hall–Kier alpha value is -1.80. The highest BCUT2D eigenvalue weighted by molar-refractivity contribution is 7.93. The Bertz CT molecular complexity index is 979.